The number of hydrogen-bond donors (Lipinski definition) is 1. The van der Waals surface area contributed by atoms with Gasteiger partial charge in [-0.15, -0.1) is 23.5 Å². The molecule has 0 aliphatic carbocycles. The van der Waals surface area contributed by atoms with E-state index >= 15 is 0 Å². The van der Waals surface area contributed by atoms with Crippen molar-refractivity contribution in [1.29, 1.82) is 0 Å². The van der Waals surface area contributed by atoms with Crippen LogP contribution in [0.1, 0.15) is 6.92 Å². The second-order valence-electron chi connectivity index (χ2n) is 1.62. The second kappa shape index (κ2) is 6.54. The van der Waals surface area contributed by atoms with E-state index in [1.54, 1.807) is 0 Å². The Hall–Kier alpha value is -0.160. The normalized spacial score (nSPS) is 9.00. The molecular formula is C6H12N2OS2. The van der Waals surface area contributed by atoms with Crippen LogP contribution in [0.4, 0.5) is 4.79 Å². The molecule has 0 saturated carbocycles. The molecule has 0 spiro atoms. The molecule has 0 radical (unpaired) electrons. The fourth-order valence-electron chi connectivity index (χ4n) is 0.448. The largest absolute Gasteiger partial charge is 0.342 e. The third kappa shape index (κ3) is 5.15. The number of carbonyl (C=O) groups is 1. The predicted octanol–water partition coefficient (Wildman–Crippen LogP) is 1.80. The average Bonchev–Trinajstić information content (AvgIpc) is 2.01. The number of urea groups is 1. The van der Waals surface area contributed by atoms with Crippen molar-refractivity contribution >= 4 is 33.9 Å². The van der Waals surface area contributed by atoms with Crippen molar-refractivity contribution in [3.05, 3.63) is 0 Å². The van der Waals surface area contributed by atoms with Crippen LogP contribution in [-0.4, -0.2) is 29.5 Å². The van der Waals surface area contributed by atoms with E-state index in [1.165, 1.54) is 23.5 Å². The van der Waals surface area contributed by atoms with Gasteiger partial charge in [0, 0.05) is 6.54 Å². The number of nitrogens with one attached hydrogen (secondary N) is 1. The summed E-state index contributed by atoms with van der Waals surface area (Å²) < 4.78 is 0.788. The average molecular weight is 192 g/mol. The van der Waals surface area contributed by atoms with Crippen molar-refractivity contribution in [2.24, 2.45) is 4.99 Å². The van der Waals surface area contributed by atoms with Crippen molar-refractivity contribution in [3.63, 3.8) is 0 Å². The van der Waals surface area contributed by atoms with Gasteiger partial charge in [0.25, 0.3) is 0 Å². The summed E-state index contributed by atoms with van der Waals surface area (Å²) in [6.45, 7) is 2.49. The van der Waals surface area contributed by atoms with Gasteiger partial charge >= 0.3 is 6.03 Å². The van der Waals surface area contributed by atoms with Crippen LogP contribution in [0, 0.1) is 0 Å². The van der Waals surface area contributed by atoms with E-state index in [4.69, 9.17) is 0 Å². The number of thioether (sulfide) groups is 2. The molecule has 0 saturated heterocycles. The Bertz CT molecular complexity index is 153. The van der Waals surface area contributed by atoms with Crippen LogP contribution in [0.3, 0.4) is 0 Å². The molecule has 2 amide bonds. The highest BCUT2D eigenvalue weighted by atomic mass is 32.2. The van der Waals surface area contributed by atoms with Gasteiger partial charge < -0.3 is 5.32 Å². The number of rotatable bonds is 1. The van der Waals surface area contributed by atoms with Gasteiger partial charge in [-0.25, -0.2) is 4.79 Å². The summed E-state index contributed by atoms with van der Waals surface area (Å²) in [4.78, 5) is 14.6. The molecule has 0 atom stereocenters. The summed E-state index contributed by atoms with van der Waals surface area (Å²) in [6, 6.07) is -0.258. The first kappa shape index (κ1) is 10.8. The van der Waals surface area contributed by atoms with E-state index < -0.39 is 0 Å². The SMILES string of the molecule is CCNC(=O)N=C(SC)SC. The molecule has 0 bridgehead atoms. The number of nitrogens with zero attached hydrogens (tertiary/aromatic N) is 1. The summed E-state index contributed by atoms with van der Waals surface area (Å²) in [7, 11) is 0. The van der Waals surface area contributed by atoms with E-state index in [2.05, 4.69) is 10.3 Å². The lowest BCUT2D eigenvalue weighted by atomic mass is 10.7. The van der Waals surface area contributed by atoms with Crippen LogP contribution in [0.15, 0.2) is 4.99 Å². The summed E-state index contributed by atoms with van der Waals surface area (Å²) in [5, 5.41) is 2.59. The van der Waals surface area contributed by atoms with E-state index in [0.717, 1.165) is 4.38 Å². The minimum atomic E-state index is -0.258. The monoisotopic (exact) mass is 192 g/mol. The Morgan fingerprint density at radius 1 is 1.45 bits per heavy atom. The third-order valence-electron chi connectivity index (χ3n) is 0.870. The Balaban J connectivity index is 3.93. The van der Waals surface area contributed by atoms with Gasteiger partial charge in [0.15, 0.2) is 0 Å². The maximum atomic E-state index is 10.8. The van der Waals surface area contributed by atoms with Gasteiger partial charge in [-0.3, -0.25) is 0 Å². The number of aliphatic imine (C=N–C) groups is 1. The van der Waals surface area contributed by atoms with Crippen LogP contribution in [0.2, 0.25) is 0 Å². The molecule has 1 N–H and O–H groups in total. The number of amides is 2. The van der Waals surface area contributed by atoms with E-state index in [9.17, 15) is 4.79 Å². The third-order valence-corrected chi connectivity index (χ3v) is 2.75. The highest BCUT2D eigenvalue weighted by molar-refractivity contribution is 8.38. The first-order chi connectivity index (χ1) is 5.24. The zero-order chi connectivity index (χ0) is 8.69. The van der Waals surface area contributed by atoms with Gasteiger partial charge in [-0.1, -0.05) is 0 Å². The standard InChI is InChI=1S/C6H12N2OS2/c1-4-7-5(9)8-6(10-2)11-3/h4H2,1-3H3,(H,7,9). The lowest BCUT2D eigenvalue weighted by Crippen LogP contribution is -2.19. The molecule has 0 fully saturated rings. The molecule has 0 rings (SSSR count). The van der Waals surface area contributed by atoms with Gasteiger partial charge in [0.05, 0.1) is 0 Å². The van der Waals surface area contributed by atoms with Crippen LogP contribution in [0.25, 0.3) is 0 Å². The van der Waals surface area contributed by atoms with Gasteiger partial charge in [0.2, 0.25) is 0 Å². The molecule has 0 unspecified atom stereocenters. The maximum absolute atomic E-state index is 10.8. The van der Waals surface area contributed by atoms with E-state index in [-0.39, 0.29) is 6.03 Å². The lowest BCUT2D eigenvalue weighted by molar-refractivity contribution is 0.250. The summed E-state index contributed by atoms with van der Waals surface area (Å²) in [5.41, 5.74) is 0. The Labute approximate surface area is 75.4 Å². The van der Waals surface area contributed by atoms with Crippen molar-refractivity contribution in [2.75, 3.05) is 19.1 Å². The van der Waals surface area contributed by atoms with E-state index in [1.807, 2.05) is 19.4 Å². The molecule has 0 aromatic heterocycles. The fourth-order valence-corrected chi connectivity index (χ4v) is 1.46. The molecular weight excluding hydrogens is 180 g/mol. The highest BCUT2D eigenvalue weighted by Gasteiger charge is 1.98. The van der Waals surface area contributed by atoms with Crippen LogP contribution < -0.4 is 5.32 Å². The summed E-state index contributed by atoms with van der Waals surface area (Å²) >= 11 is 2.95. The molecule has 0 aliphatic rings. The highest BCUT2D eigenvalue weighted by Crippen LogP contribution is 2.10. The molecule has 64 valence electrons. The van der Waals surface area contributed by atoms with Crippen LogP contribution >= 0.6 is 23.5 Å². The van der Waals surface area contributed by atoms with Crippen molar-refractivity contribution in [2.45, 2.75) is 6.92 Å². The predicted molar refractivity (Wildman–Crippen MR) is 53.5 cm³/mol. The second-order valence-corrected chi connectivity index (χ2v) is 3.47. The molecule has 0 aliphatic heterocycles. The quantitative estimate of drug-likeness (QED) is 0.509. The molecule has 11 heavy (non-hydrogen) atoms. The summed E-state index contributed by atoms with van der Waals surface area (Å²) in [6.07, 6.45) is 3.79. The number of carbonyl (C=O) groups excluding carboxylic acids is 1. The zero-order valence-electron chi connectivity index (χ0n) is 6.88. The van der Waals surface area contributed by atoms with Crippen molar-refractivity contribution < 1.29 is 4.79 Å². The molecule has 0 aromatic rings. The van der Waals surface area contributed by atoms with Gasteiger partial charge in [-0.2, -0.15) is 4.99 Å². The number of hydrogen-bond acceptors (Lipinski definition) is 3. The maximum Gasteiger partial charge on any atom is 0.342 e. The van der Waals surface area contributed by atoms with Crippen molar-refractivity contribution in [3.8, 4) is 0 Å². The topological polar surface area (TPSA) is 41.5 Å². The first-order valence-corrected chi connectivity index (χ1v) is 5.64. The van der Waals surface area contributed by atoms with Gasteiger partial charge in [-0.05, 0) is 19.4 Å². The minimum absolute atomic E-state index is 0.258. The molecule has 5 heteroatoms. The summed E-state index contributed by atoms with van der Waals surface area (Å²) in [5.74, 6) is 0. The Morgan fingerprint density at radius 2 is 2.00 bits per heavy atom. The van der Waals surface area contributed by atoms with Crippen molar-refractivity contribution in [1.82, 2.24) is 5.32 Å². The Morgan fingerprint density at radius 3 is 2.36 bits per heavy atom. The van der Waals surface area contributed by atoms with E-state index in [0.29, 0.717) is 6.54 Å². The molecule has 3 nitrogen and oxygen atoms in total. The fraction of sp³-hybridized carbons (Fsp3) is 0.667. The Kier molecular flexibility index (Phi) is 6.45. The first-order valence-electron chi connectivity index (χ1n) is 3.19. The molecule has 0 aromatic carbocycles. The van der Waals surface area contributed by atoms with Crippen LogP contribution in [-0.2, 0) is 0 Å². The zero-order valence-corrected chi connectivity index (χ0v) is 8.51. The molecule has 0 heterocycles. The van der Waals surface area contributed by atoms with Gasteiger partial charge in [0.1, 0.15) is 4.38 Å². The smallest absolute Gasteiger partial charge is 0.336 e. The minimum Gasteiger partial charge on any atom is -0.336 e. The van der Waals surface area contributed by atoms with Crippen LogP contribution in [0.5, 0.6) is 0 Å². The lowest BCUT2D eigenvalue weighted by Gasteiger charge is -1.97.